The van der Waals surface area contributed by atoms with Crippen LogP contribution in [-0.2, 0) is 22.6 Å². The van der Waals surface area contributed by atoms with Crippen molar-refractivity contribution in [2.45, 2.75) is 70.3 Å². The second-order valence-electron chi connectivity index (χ2n) is 13.5. The molecule has 1 aliphatic carbocycles. The van der Waals surface area contributed by atoms with Crippen LogP contribution in [-0.4, -0.2) is 41.1 Å². The van der Waals surface area contributed by atoms with Gasteiger partial charge in [-0.2, -0.15) is 0 Å². The molecule has 11 heteroatoms. The Morgan fingerprint density at radius 2 is 1.48 bits per heavy atom. The van der Waals surface area contributed by atoms with Crippen LogP contribution in [0.25, 0.3) is 11.1 Å². The summed E-state index contributed by atoms with van der Waals surface area (Å²) in [5.41, 5.74) is 3.23. The van der Waals surface area contributed by atoms with Crippen LogP contribution in [0.15, 0.2) is 85.5 Å². The highest BCUT2D eigenvalue weighted by atomic mass is 19.2. The highest BCUT2D eigenvalue weighted by Gasteiger charge is 2.40. The molecule has 2 fully saturated rings. The molecule has 1 saturated heterocycles. The van der Waals surface area contributed by atoms with Gasteiger partial charge in [0.15, 0.2) is 29.6 Å². The first-order valence-corrected chi connectivity index (χ1v) is 17.4. The monoisotopic (exact) mass is 720 g/mol. The van der Waals surface area contributed by atoms with E-state index in [-0.39, 0.29) is 31.3 Å². The number of carbonyl (C=O) groups excluding carboxylic acids is 1. The van der Waals surface area contributed by atoms with Gasteiger partial charge in [-0.25, -0.2) is 22.0 Å². The minimum Gasteiger partial charge on any atom is -0.392 e. The molecule has 2 N–H and O–H groups in total. The van der Waals surface area contributed by atoms with Gasteiger partial charge in [-0.1, -0.05) is 92.6 Å². The van der Waals surface area contributed by atoms with Crippen LogP contribution >= 0.6 is 0 Å². The van der Waals surface area contributed by atoms with E-state index < -0.39 is 46.8 Å². The van der Waals surface area contributed by atoms with Crippen molar-refractivity contribution in [3.05, 3.63) is 142 Å². The maximum absolute atomic E-state index is 14.1. The molecule has 0 bridgehead atoms. The topological polar surface area (TPSA) is 71.0 Å². The summed E-state index contributed by atoms with van der Waals surface area (Å²) in [5.74, 6) is -12.5. The zero-order chi connectivity index (χ0) is 36.9. The predicted octanol–water partition coefficient (Wildman–Crippen LogP) is 8.69. The van der Waals surface area contributed by atoms with Crippen molar-refractivity contribution in [1.29, 1.82) is 0 Å². The Bertz CT molecular complexity index is 1850. The molecule has 52 heavy (non-hydrogen) atoms. The number of rotatable bonds is 12. The van der Waals surface area contributed by atoms with Gasteiger partial charge in [-0.15, -0.1) is 6.58 Å². The fraction of sp³-hybridized carbons (Fsp3) is 0.341. The van der Waals surface area contributed by atoms with Crippen molar-refractivity contribution < 1.29 is 41.3 Å². The molecule has 4 aromatic carbocycles. The molecular weight excluding hydrogens is 679 g/mol. The summed E-state index contributed by atoms with van der Waals surface area (Å²) in [6.07, 6.45) is 5.62. The largest absolute Gasteiger partial charge is 0.392 e. The molecule has 1 heterocycles. The number of nitrogens with one attached hydrogen (secondary N) is 1. The Morgan fingerprint density at radius 3 is 2.12 bits per heavy atom. The summed E-state index contributed by atoms with van der Waals surface area (Å²) in [7, 11) is 0. The molecule has 0 spiro atoms. The van der Waals surface area contributed by atoms with E-state index in [1.807, 2.05) is 60.7 Å². The van der Waals surface area contributed by atoms with E-state index >= 15 is 0 Å². The number of halogens is 5. The molecule has 2 aliphatic rings. The number of amides is 1. The SMILES string of the molecule is C=CCN(C[C@H]1O[C@@H](c2ccc(-c3cccc(CNC(=O)c4c(F)c(F)c(F)c(F)c4F)c3)cc2)O[C@@H](c2ccc(CO)cc2)[C@H]1C)C1CCCC1. The highest BCUT2D eigenvalue weighted by molar-refractivity contribution is 5.94. The first-order valence-electron chi connectivity index (χ1n) is 17.4. The summed E-state index contributed by atoms with van der Waals surface area (Å²) in [6.45, 7) is 7.38. The van der Waals surface area contributed by atoms with Gasteiger partial charge < -0.3 is 19.9 Å². The van der Waals surface area contributed by atoms with E-state index in [9.17, 15) is 31.9 Å². The van der Waals surface area contributed by atoms with Gasteiger partial charge in [0, 0.05) is 37.2 Å². The van der Waals surface area contributed by atoms with Crippen molar-refractivity contribution in [2.75, 3.05) is 13.1 Å². The maximum Gasteiger partial charge on any atom is 0.257 e. The lowest BCUT2D eigenvalue weighted by Crippen LogP contribution is -2.47. The third-order valence-electron chi connectivity index (χ3n) is 10.1. The number of hydrogen-bond acceptors (Lipinski definition) is 5. The molecule has 1 saturated carbocycles. The van der Waals surface area contributed by atoms with Crippen LogP contribution in [0, 0.1) is 35.0 Å². The Labute approximate surface area is 299 Å². The number of aliphatic hydroxyl groups is 1. The van der Waals surface area contributed by atoms with Gasteiger partial charge in [0.2, 0.25) is 5.82 Å². The average Bonchev–Trinajstić information content (AvgIpc) is 3.72. The van der Waals surface area contributed by atoms with Crippen molar-refractivity contribution in [1.82, 2.24) is 10.2 Å². The fourth-order valence-electron chi connectivity index (χ4n) is 7.14. The van der Waals surface area contributed by atoms with Crippen LogP contribution in [0.1, 0.15) is 77.6 Å². The van der Waals surface area contributed by atoms with Crippen molar-refractivity contribution in [2.24, 2.45) is 5.92 Å². The molecule has 6 rings (SSSR count). The van der Waals surface area contributed by atoms with Gasteiger partial charge in [-0.05, 0) is 46.7 Å². The zero-order valence-corrected chi connectivity index (χ0v) is 28.8. The molecule has 1 aliphatic heterocycles. The Hall–Kier alpha value is -4.42. The van der Waals surface area contributed by atoms with E-state index in [0.717, 1.165) is 53.7 Å². The molecule has 6 nitrogen and oxygen atoms in total. The number of aliphatic hydroxyl groups excluding tert-OH is 1. The quantitative estimate of drug-likeness (QED) is 0.0664. The van der Waals surface area contributed by atoms with Crippen molar-refractivity contribution in [3.8, 4) is 11.1 Å². The molecule has 1 amide bonds. The molecule has 4 atom stereocenters. The van der Waals surface area contributed by atoms with Gasteiger partial charge >= 0.3 is 0 Å². The lowest BCUT2D eigenvalue weighted by molar-refractivity contribution is -0.276. The number of carbonyl (C=O) groups is 1. The Morgan fingerprint density at radius 1 is 0.846 bits per heavy atom. The summed E-state index contributed by atoms with van der Waals surface area (Å²) < 4.78 is 82.4. The minimum atomic E-state index is -2.33. The van der Waals surface area contributed by atoms with Gasteiger partial charge in [-0.3, -0.25) is 9.69 Å². The highest BCUT2D eigenvalue weighted by Crippen LogP contribution is 2.42. The van der Waals surface area contributed by atoms with E-state index in [4.69, 9.17) is 9.47 Å². The molecule has 0 radical (unpaired) electrons. The summed E-state index contributed by atoms with van der Waals surface area (Å²) in [6, 6.07) is 22.9. The number of ether oxygens (including phenoxy) is 2. The number of benzene rings is 4. The maximum atomic E-state index is 14.1. The minimum absolute atomic E-state index is 0.0292. The average molecular weight is 721 g/mol. The van der Waals surface area contributed by atoms with Crippen LogP contribution in [0.2, 0.25) is 0 Å². The van der Waals surface area contributed by atoms with E-state index in [1.165, 1.54) is 12.8 Å². The standard InChI is InChI=1S/C41H41F5N2O4/c1-3-19-48(31-9-4-5-10-31)22-32-24(2)39(28-13-11-25(23-49)12-14-28)52-41(51-32)29-17-15-27(16-18-29)30-8-6-7-26(20-30)21-47-40(50)33-34(42)36(44)38(46)37(45)35(33)43/h3,6-8,11-18,20,24,31-32,39,41,49H,1,4-5,9-10,19,21-23H2,2H3,(H,47,50)/t24-,32+,39+,41+/m0/s1. The first kappa shape index (κ1) is 37.3. The lowest BCUT2D eigenvalue weighted by Gasteiger charge is -2.43. The third-order valence-corrected chi connectivity index (χ3v) is 10.1. The van der Waals surface area contributed by atoms with E-state index in [2.05, 4.69) is 23.7 Å². The smallest absolute Gasteiger partial charge is 0.257 e. The van der Waals surface area contributed by atoms with Gasteiger partial charge in [0.25, 0.3) is 5.91 Å². The Balaban J connectivity index is 1.19. The first-order chi connectivity index (χ1) is 25.1. The molecule has 0 aromatic heterocycles. The second kappa shape index (κ2) is 16.5. The predicted molar refractivity (Wildman–Crippen MR) is 186 cm³/mol. The van der Waals surface area contributed by atoms with E-state index in [1.54, 1.807) is 18.2 Å². The fourth-order valence-corrected chi connectivity index (χ4v) is 7.14. The number of hydrogen-bond donors (Lipinski definition) is 2. The molecular formula is C41H41F5N2O4. The normalized spacial score (nSPS) is 20.7. The summed E-state index contributed by atoms with van der Waals surface area (Å²) in [4.78, 5) is 14.9. The second-order valence-corrected chi connectivity index (χ2v) is 13.5. The zero-order valence-electron chi connectivity index (χ0n) is 28.8. The van der Waals surface area contributed by atoms with Crippen LogP contribution in [0.3, 0.4) is 0 Å². The van der Waals surface area contributed by atoms with E-state index in [0.29, 0.717) is 11.6 Å². The third kappa shape index (κ3) is 7.97. The van der Waals surface area contributed by atoms with Crippen LogP contribution in [0.5, 0.6) is 0 Å². The molecule has 4 aromatic rings. The van der Waals surface area contributed by atoms with Crippen molar-refractivity contribution >= 4 is 5.91 Å². The molecule has 0 unspecified atom stereocenters. The summed E-state index contributed by atoms with van der Waals surface area (Å²) >= 11 is 0. The molecule has 274 valence electrons. The van der Waals surface area contributed by atoms with Gasteiger partial charge in [0.1, 0.15) is 5.56 Å². The lowest BCUT2D eigenvalue weighted by atomic mass is 9.89. The summed E-state index contributed by atoms with van der Waals surface area (Å²) in [5, 5.41) is 11.8. The van der Waals surface area contributed by atoms with Crippen molar-refractivity contribution in [3.63, 3.8) is 0 Å². The number of nitrogens with zero attached hydrogens (tertiary/aromatic N) is 1. The Kier molecular flexibility index (Phi) is 11.8. The van der Waals surface area contributed by atoms with Gasteiger partial charge in [0.05, 0.1) is 18.8 Å². The van der Waals surface area contributed by atoms with Crippen LogP contribution in [0.4, 0.5) is 22.0 Å². The van der Waals surface area contributed by atoms with Crippen LogP contribution < -0.4 is 5.32 Å².